The topological polar surface area (TPSA) is 91.4 Å². The molecule has 16 rings (SSSR count). The Labute approximate surface area is 553 Å². The first kappa shape index (κ1) is 58.8. The number of aryl methyl sites for hydroxylation is 11. The van der Waals surface area contributed by atoms with E-state index < -0.39 is 0 Å². The molecule has 10 aromatic carbocycles. The fraction of sp³-hybridized carbons (Fsp3) is 0.129. The maximum absolute atomic E-state index is 14.5. The summed E-state index contributed by atoms with van der Waals surface area (Å²) in [5, 5.41) is 7.84. The Morgan fingerprint density at radius 3 is 1.23 bits per heavy atom. The van der Waals surface area contributed by atoms with Crippen LogP contribution in [0.2, 0.25) is 0 Å². The summed E-state index contributed by atoms with van der Waals surface area (Å²) in [7, 11) is 0. The number of fused-ring (bicyclic) bond motifs is 10. The Bertz CT molecular complexity index is 5620. The van der Waals surface area contributed by atoms with Gasteiger partial charge >= 0.3 is 19.5 Å². The molecule has 0 aliphatic carbocycles. The summed E-state index contributed by atoms with van der Waals surface area (Å²) in [6.07, 6.45) is 8.61. The number of aromatic nitrogens is 4. The third kappa shape index (κ3) is 9.35. The second-order valence-electron chi connectivity index (χ2n) is 25.7. The van der Waals surface area contributed by atoms with Gasteiger partial charge in [0.25, 0.3) is 11.8 Å². The number of anilines is 1. The molecule has 7 nitrogen and oxygen atoms in total. The van der Waals surface area contributed by atoms with Gasteiger partial charge in [-0.25, -0.2) is 14.9 Å². The zero-order chi connectivity index (χ0) is 63.3. The van der Waals surface area contributed by atoms with E-state index in [1.165, 1.54) is 32.7 Å². The van der Waals surface area contributed by atoms with E-state index in [0.29, 0.717) is 22.2 Å². The number of benzene rings is 10. The molecule has 0 atom stereocenters. The van der Waals surface area contributed by atoms with Gasteiger partial charge in [0.2, 0.25) is 0 Å². The van der Waals surface area contributed by atoms with Gasteiger partial charge < -0.3 is 9.97 Å². The number of amides is 2. The average Bonchev–Trinajstić information content (AvgIpc) is 1.10. The van der Waals surface area contributed by atoms with Gasteiger partial charge in [0, 0.05) is 27.6 Å². The summed E-state index contributed by atoms with van der Waals surface area (Å²) < 4.78 is 0. The zero-order valence-electron chi connectivity index (χ0n) is 54.1. The van der Waals surface area contributed by atoms with E-state index in [-0.39, 0.29) is 31.3 Å². The molecule has 8 heteroatoms. The van der Waals surface area contributed by atoms with E-state index in [9.17, 15) is 9.59 Å². The van der Waals surface area contributed by atoms with Crippen LogP contribution in [0.4, 0.5) is 5.69 Å². The largest absolute Gasteiger partial charge is 2.00 e. The van der Waals surface area contributed by atoms with Gasteiger partial charge in [0.1, 0.15) is 0 Å². The molecule has 442 valence electrons. The summed E-state index contributed by atoms with van der Waals surface area (Å²) >= 11 is 0. The second-order valence-corrected chi connectivity index (χ2v) is 25.7. The van der Waals surface area contributed by atoms with Gasteiger partial charge in [-0.15, -0.1) is 22.1 Å². The number of nitrogens with zero attached hydrogens (tertiary/aromatic N) is 5. The van der Waals surface area contributed by atoms with Gasteiger partial charge in [-0.1, -0.05) is 150 Å². The molecule has 0 fully saturated rings. The van der Waals surface area contributed by atoms with Crippen LogP contribution in [0.3, 0.4) is 0 Å². The first-order chi connectivity index (χ1) is 44.5. The van der Waals surface area contributed by atoms with Crippen molar-refractivity contribution in [2.24, 2.45) is 0 Å². The monoisotopic (exact) mass is 1250 g/mol. The third-order valence-electron chi connectivity index (χ3n) is 19.2. The van der Waals surface area contributed by atoms with Crippen LogP contribution < -0.4 is 14.9 Å². The molecule has 6 heterocycles. The first-order valence-electron chi connectivity index (χ1n) is 31.5. The average molecular weight is 1250 g/mol. The summed E-state index contributed by atoms with van der Waals surface area (Å²) in [6, 6.07) is 55.0. The molecule has 3 aliphatic rings. The fourth-order valence-electron chi connectivity index (χ4n) is 15.5. The molecule has 3 aromatic heterocycles. The number of hydrogen-bond acceptors (Lipinski definition) is 4. The summed E-state index contributed by atoms with van der Waals surface area (Å²) in [5.41, 5.74) is 30.6. The Balaban J connectivity index is 0.00000716. The summed E-state index contributed by atoms with van der Waals surface area (Å²) in [4.78, 5) is 52.9. The Morgan fingerprint density at radius 2 is 0.753 bits per heavy atom. The van der Waals surface area contributed by atoms with Crippen LogP contribution in [0.1, 0.15) is 116 Å². The third-order valence-corrected chi connectivity index (χ3v) is 19.2. The number of carbonyl (C=O) groups excluding carboxylic acids is 2. The molecule has 8 bridgehead atoms. The fourth-order valence-corrected chi connectivity index (χ4v) is 15.5. The standard InChI is InChI=1S/C85H64N5O2.Zn/c1-44-15-16-48(5)73(43-44)90-84(91)63-27-25-61-59-14-12-13-58-56(23-24-60(78(58)59)62-26-28-64(85(90)92)80(63)79(61)62)20-17-55-18-21-57(22-19-55)77-65-29-31-67(86-65)81(74-49(6)37-45(2)38-50(74)7)69-33-35-71(88-69)83(76-53(10)41-47(4)42-54(76)11)72-36-34-70(89-72)82(68-32-30-66(77)87-68)75-51(8)39-46(3)40-52(75)9;/h12-16,18-19,21-43H,1-11H3,(H-,86,87,88,89,91,92);/q-1;+2/p-1. The smallest absolute Gasteiger partial charge is 0.657 e. The molecule has 0 unspecified atom stereocenters. The molecule has 0 saturated carbocycles. The van der Waals surface area contributed by atoms with Crippen molar-refractivity contribution < 1.29 is 29.1 Å². The van der Waals surface area contributed by atoms with Gasteiger partial charge in [-0.3, -0.25) is 9.59 Å². The van der Waals surface area contributed by atoms with Crippen molar-refractivity contribution in [1.29, 1.82) is 0 Å². The van der Waals surface area contributed by atoms with Crippen molar-refractivity contribution in [2.75, 3.05) is 4.90 Å². The molecule has 0 N–H and O–H groups in total. The van der Waals surface area contributed by atoms with Crippen molar-refractivity contribution in [3.8, 4) is 56.3 Å². The van der Waals surface area contributed by atoms with Crippen LogP contribution >= 0.6 is 0 Å². The van der Waals surface area contributed by atoms with E-state index in [2.05, 4.69) is 226 Å². The van der Waals surface area contributed by atoms with E-state index in [4.69, 9.17) is 19.9 Å². The molecule has 3 aliphatic heterocycles. The van der Waals surface area contributed by atoms with Crippen molar-refractivity contribution >= 4 is 107 Å². The number of carbonyl (C=O) groups is 2. The van der Waals surface area contributed by atoms with Gasteiger partial charge in [-0.05, 0) is 264 Å². The van der Waals surface area contributed by atoms with Crippen LogP contribution in [-0.2, 0) is 19.5 Å². The quantitative estimate of drug-likeness (QED) is 0.0561. The predicted molar refractivity (Wildman–Crippen MR) is 382 cm³/mol. The van der Waals surface area contributed by atoms with Gasteiger partial charge in [-0.2, -0.15) is 0 Å². The number of hydrogen-bond donors (Lipinski definition) is 0. The predicted octanol–water partition coefficient (Wildman–Crippen LogP) is 20.2. The number of rotatable bonds is 5. The van der Waals surface area contributed by atoms with Crippen molar-refractivity contribution in [3.63, 3.8) is 0 Å². The van der Waals surface area contributed by atoms with Crippen LogP contribution in [0.5, 0.6) is 0 Å². The maximum atomic E-state index is 14.5. The summed E-state index contributed by atoms with van der Waals surface area (Å²) in [5.74, 6) is 6.52. The van der Waals surface area contributed by atoms with E-state index >= 15 is 0 Å². The first-order valence-corrected chi connectivity index (χ1v) is 31.5. The van der Waals surface area contributed by atoms with Crippen LogP contribution in [-0.4, -0.2) is 21.8 Å². The SMILES string of the molecule is Cc1cc(C)c(-c2c3nc(c(-c4c(C)cc(C)cc4C)c4ccc([n-]4)c(-c4c(C)cc(C)cc4C)c4nc(c(-c5ccc(C#Cc6ccc7c8ccc9c%10c(ccc(c%11cccc6c%117)c%108)C(=O)N(c6cc(C)ccc6C)C9=O)cc5)c5ccc2[n-]5)C=C4)C=C3)c(C)c1.[Zn+2]. The molecule has 13 aromatic rings. The molecule has 0 radical (unpaired) electrons. The van der Waals surface area contributed by atoms with E-state index in [1.54, 1.807) is 0 Å². The minimum absolute atomic E-state index is 0. The van der Waals surface area contributed by atoms with E-state index in [0.717, 1.165) is 172 Å². The van der Waals surface area contributed by atoms with Crippen molar-refractivity contribution in [1.82, 2.24) is 19.9 Å². The van der Waals surface area contributed by atoms with Crippen LogP contribution in [0, 0.1) is 88.0 Å². The Kier molecular flexibility index (Phi) is 14.0. The minimum atomic E-state index is -0.309. The van der Waals surface area contributed by atoms with Crippen molar-refractivity contribution in [2.45, 2.75) is 76.2 Å². The molecular formula is C85H63N5O2Zn. The normalized spacial score (nSPS) is 12.7. The molecule has 2 amide bonds. The van der Waals surface area contributed by atoms with E-state index in [1.807, 2.05) is 44.2 Å². The van der Waals surface area contributed by atoms with Crippen molar-refractivity contribution in [3.05, 3.63) is 264 Å². The number of imide groups is 1. The molecular weight excluding hydrogens is 1190 g/mol. The zero-order valence-corrected chi connectivity index (χ0v) is 57.0. The maximum Gasteiger partial charge on any atom is 2.00 e. The second kappa shape index (κ2) is 22.1. The molecule has 0 saturated heterocycles. The van der Waals surface area contributed by atoms with Crippen LogP contribution in [0.15, 0.2) is 158 Å². The Morgan fingerprint density at radius 1 is 0.344 bits per heavy atom. The minimum Gasteiger partial charge on any atom is -0.657 e. The van der Waals surface area contributed by atoms with Crippen LogP contribution in [0.25, 0.3) is 134 Å². The summed E-state index contributed by atoms with van der Waals surface area (Å²) in [6.45, 7) is 23.5. The van der Waals surface area contributed by atoms with Gasteiger partial charge in [0.15, 0.2) is 0 Å². The van der Waals surface area contributed by atoms with Gasteiger partial charge in [0.05, 0.1) is 28.5 Å². The Hall–Kier alpha value is -10.6. The molecule has 0 spiro atoms. The molecule has 93 heavy (non-hydrogen) atoms.